The molecule has 7 heteroatoms. The van der Waals surface area contributed by atoms with Crippen molar-refractivity contribution in [2.75, 3.05) is 10.7 Å². The fourth-order valence-corrected chi connectivity index (χ4v) is 3.50. The topological polar surface area (TPSA) is 66.4 Å². The smallest absolute Gasteiger partial charge is 0.221 e. The summed E-state index contributed by atoms with van der Waals surface area (Å²) in [5, 5.41) is 10.4. The number of hydrogen-bond acceptors (Lipinski definition) is 6. The largest absolute Gasteiger partial charge is 0.316 e. The fourth-order valence-electron chi connectivity index (χ4n) is 2.04. The number of anilines is 2. The highest BCUT2D eigenvalue weighted by Gasteiger charge is 2.14. The van der Waals surface area contributed by atoms with Crippen molar-refractivity contribution in [3.63, 3.8) is 0 Å². The van der Waals surface area contributed by atoms with E-state index in [9.17, 15) is 4.79 Å². The van der Waals surface area contributed by atoms with Crippen LogP contribution in [0.2, 0.25) is 0 Å². The van der Waals surface area contributed by atoms with E-state index in [1.54, 1.807) is 17.6 Å². The van der Waals surface area contributed by atoms with E-state index in [-0.39, 0.29) is 5.91 Å². The van der Waals surface area contributed by atoms with Gasteiger partial charge in [-0.15, -0.1) is 11.3 Å². The quantitative estimate of drug-likeness (QED) is 0.519. The Bertz CT molecular complexity index is 851. The molecule has 3 rings (SSSR count). The van der Waals surface area contributed by atoms with Gasteiger partial charge in [-0.3, -0.25) is 10.2 Å². The molecule has 0 saturated heterocycles. The molecule has 0 radical (unpaired) electrons. The van der Waals surface area contributed by atoms with Crippen LogP contribution >= 0.6 is 22.7 Å². The number of nitrogens with zero attached hydrogens (tertiary/aromatic N) is 2. The highest BCUT2D eigenvalue weighted by atomic mass is 32.1. The van der Waals surface area contributed by atoms with Crippen LogP contribution in [-0.4, -0.2) is 17.1 Å². The summed E-state index contributed by atoms with van der Waals surface area (Å²) in [5.74, 6) is -0.124. The van der Waals surface area contributed by atoms with Crippen molar-refractivity contribution >= 4 is 44.9 Å². The molecule has 0 atom stereocenters. The number of thiophene rings is 1. The highest BCUT2D eigenvalue weighted by molar-refractivity contribution is 7.20. The van der Waals surface area contributed by atoms with Crippen LogP contribution in [0.25, 0.3) is 11.3 Å². The third-order valence-corrected chi connectivity index (χ3v) is 4.82. The zero-order valence-corrected chi connectivity index (χ0v) is 14.9. The van der Waals surface area contributed by atoms with Gasteiger partial charge >= 0.3 is 0 Å². The number of amides is 1. The van der Waals surface area contributed by atoms with E-state index in [1.807, 2.05) is 48.7 Å². The number of nitrogens with one attached hydrogen (secondary N) is 2. The first-order valence-corrected chi connectivity index (χ1v) is 8.99. The first-order chi connectivity index (χ1) is 11.6. The van der Waals surface area contributed by atoms with E-state index in [1.165, 1.54) is 23.8 Å². The molecule has 2 aromatic heterocycles. The predicted octanol–water partition coefficient (Wildman–Crippen LogP) is 4.58. The second kappa shape index (κ2) is 7.37. The van der Waals surface area contributed by atoms with Gasteiger partial charge in [-0.2, -0.15) is 5.10 Å². The molecule has 0 fully saturated rings. The Kier molecular flexibility index (Phi) is 5.02. The summed E-state index contributed by atoms with van der Waals surface area (Å²) in [6, 6.07) is 12.0. The van der Waals surface area contributed by atoms with Crippen LogP contribution in [0.3, 0.4) is 0 Å². The average Bonchev–Trinajstić information content (AvgIpc) is 3.18. The standard InChI is InChI=1S/C17H16N4OS2/c1-11-5-7-13(8-6-11)15-16(19-12(2)22)24-17(20-15)21-18-10-14-4-3-9-23-14/h3-10H,1-2H3,(H,19,22)(H,20,21)/b18-10+. The molecule has 0 spiro atoms. The molecule has 122 valence electrons. The number of thiazole rings is 1. The molecule has 0 saturated carbocycles. The number of rotatable bonds is 5. The minimum atomic E-state index is -0.124. The van der Waals surface area contributed by atoms with Crippen molar-refractivity contribution in [3.8, 4) is 11.3 Å². The third kappa shape index (κ3) is 4.06. The Labute approximate surface area is 148 Å². The van der Waals surface area contributed by atoms with E-state index < -0.39 is 0 Å². The lowest BCUT2D eigenvalue weighted by Crippen LogP contribution is -2.05. The van der Waals surface area contributed by atoms with Gasteiger partial charge in [0, 0.05) is 17.4 Å². The molecule has 5 nitrogen and oxygen atoms in total. The number of aryl methyl sites for hydroxylation is 1. The summed E-state index contributed by atoms with van der Waals surface area (Å²) in [5.41, 5.74) is 5.80. The Balaban J connectivity index is 1.85. The Morgan fingerprint density at radius 1 is 1.25 bits per heavy atom. The summed E-state index contributed by atoms with van der Waals surface area (Å²) in [6.45, 7) is 3.52. The van der Waals surface area contributed by atoms with Crippen molar-refractivity contribution in [2.24, 2.45) is 5.10 Å². The van der Waals surface area contributed by atoms with Crippen LogP contribution < -0.4 is 10.7 Å². The third-order valence-electron chi connectivity index (χ3n) is 3.14. The Hall–Kier alpha value is -2.51. The fraction of sp³-hybridized carbons (Fsp3) is 0.118. The zero-order chi connectivity index (χ0) is 16.9. The molecule has 1 amide bonds. The molecule has 0 bridgehead atoms. The van der Waals surface area contributed by atoms with Gasteiger partial charge in [-0.1, -0.05) is 47.2 Å². The zero-order valence-electron chi connectivity index (χ0n) is 13.2. The minimum absolute atomic E-state index is 0.124. The van der Waals surface area contributed by atoms with Crippen LogP contribution in [-0.2, 0) is 4.79 Å². The lowest BCUT2D eigenvalue weighted by Gasteiger charge is -2.02. The first-order valence-electron chi connectivity index (χ1n) is 7.30. The SMILES string of the molecule is CC(=O)Nc1sc(N/N=C/c2cccs2)nc1-c1ccc(C)cc1. The normalized spacial score (nSPS) is 10.9. The molecule has 24 heavy (non-hydrogen) atoms. The molecular weight excluding hydrogens is 340 g/mol. The van der Waals surface area contributed by atoms with Gasteiger partial charge in [0.1, 0.15) is 10.7 Å². The monoisotopic (exact) mass is 356 g/mol. The van der Waals surface area contributed by atoms with Gasteiger partial charge in [0.05, 0.1) is 6.21 Å². The van der Waals surface area contributed by atoms with Gasteiger partial charge in [0.25, 0.3) is 0 Å². The second-order valence-electron chi connectivity index (χ2n) is 5.13. The maximum Gasteiger partial charge on any atom is 0.221 e. The summed E-state index contributed by atoms with van der Waals surface area (Å²) in [6.07, 6.45) is 1.75. The Morgan fingerprint density at radius 3 is 2.71 bits per heavy atom. The number of benzene rings is 1. The predicted molar refractivity (Wildman–Crippen MR) is 102 cm³/mol. The van der Waals surface area contributed by atoms with Gasteiger partial charge in [-0.25, -0.2) is 4.98 Å². The summed E-state index contributed by atoms with van der Waals surface area (Å²) >= 11 is 2.97. The molecule has 0 aliphatic rings. The number of hydrazone groups is 1. The first kappa shape index (κ1) is 16.4. The van der Waals surface area contributed by atoms with Gasteiger partial charge in [0.15, 0.2) is 0 Å². The molecule has 0 aliphatic heterocycles. The average molecular weight is 356 g/mol. The van der Waals surface area contributed by atoms with Crippen molar-refractivity contribution in [1.29, 1.82) is 0 Å². The molecule has 0 aliphatic carbocycles. The van der Waals surface area contributed by atoms with E-state index in [0.29, 0.717) is 10.1 Å². The number of aromatic nitrogens is 1. The second-order valence-corrected chi connectivity index (χ2v) is 7.11. The lowest BCUT2D eigenvalue weighted by molar-refractivity contribution is -0.114. The van der Waals surface area contributed by atoms with Crippen molar-refractivity contribution in [3.05, 3.63) is 52.2 Å². The molecule has 2 heterocycles. The molecule has 3 aromatic rings. The van der Waals surface area contributed by atoms with Gasteiger partial charge < -0.3 is 5.32 Å². The van der Waals surface area contributed by atoms with Crippen LogP contribution in [0, 0.1) is 6.92 Å². The van der Waals surface area contributed by atoms with Crippen LogP contribution in [0.1, 0.15) is 17.4 Å². The summed E-state index contributed by atoms with van der Waals surface area (Å²) in [4.78, 5) is 17.1. The van der Waals surface area contributed by atoms with E-state index >= 15 is 0 Å². The maximum absolute atomic E-state index is 11.4. The van der Waals surface area contributed by atoms with E-state index in [2.05, 4.69) is 20.8 Å². The number of carbonyl (C=O) groups is 1. The molecule has 2 N–H and O–H groups in total. The van der Waals surface area contributed by atoms with Crippen LogP contribution in [0.5, 0.6) is 0 Å². The van der Waals surface area contributed by atoms with E-state index in [4.69, 9.17) is 0 Å². The van der Waals surface area contributed by atoms with E-state index in [0.717, 1.165) is 16.1 Å². The molecule has 1 aromatic carbocycles. The van der Waals surface area contributed by atoms with Crippen molar-refractivity contribution in [1.82, 2.24) is 4.98 Å². The summed E-state index contributed by atoms with van der Waals surface area (Å²) < 4.78 is 0. The minimum Gasteiger partial charge on any atom is -0.316 e. The highest BCUT2D eigenvalue weighted by Crippen LogP contribution is 2.36. The summed E-state index contributed by atoms with van der Waals surface area (Å²) in [7, 11) is 0. The van der Waals surface area contributed by atoms with Crippen molar-refractivity contribution < 1.29 is 4.79 Å². The van der Waals surface area contributed by atoms with Gasteiger partial charge in [0.2, 0.25) is 11.0 Å². The number of carbonyl (C=O) groups excluding carboxylic acids is 1. The Morgan fingerprint density at radius 2 is 2.04 bits per heavy atom. The van der Waals surface area contributed by atoms with Crippen LogP contribution in [0.15, 0.2) is 46.9 Å². The van der Waals surface area contributed by atoms with Gasteiger partial charge in [-0.05, 0) is 18.4 Å². The van der Waals surface area contributed by atoms with Crippen LogP contribution in [0.4, 0.5) is 10.1 Å². The number of hydrogen-bond donors (Lipinski definition) is 2. The maximum atomic E-state index is 11.4. The lowest BCUT2D eigenvalue weighted by atomic mass is 10.1. The van der Waals surface area contributed by atoms with Crippen molar-refractivity contribution in [2.45, 2.75) is 13.8 Å². The molecule has 0 unspecified atom stereocenters. The molecular formula is C17H16N4OS2.